The fourth-order valence-corrected chi connectivity index (χ4v) is 1.40. The highest BCUT2D eigenvalue weighted by Crippen LogP contribution is 2.02. The summed E-state index contributed by atoms with van der Waals surface area (Å²) in [5.74, 6) is -0.312. The van der Waals surface area contributed by atoms with E-state index in [0.29, 0.717) is 5.56 Å². The summed E-state index contributed by atoms with van der Waals surface area (Å²) in [6.07, 6.45) is 0. The van der Waals surface area contributed by atoms with E-state index in [2.05, 4.69) is 0 Å². The Morgan fingerprint density at radius 3 is 2.00 bits per heavy atom. The molecule has 1 aromatic rings. The number of benzene rings is 1. The van der Waals surface area contributed by atoms with Crippen LogP contribution in [0, 0.1) is 0 Å². The van der Waals surface area contributed by atoms with Crippen molar-refractivity contribution in [3.05, 3.63) is 35.9 Å². The Morgan fingerprint density at radius 2 is 1.64 bits per heavy atom. The minimum Gasteiger partial charge on any atom is -0.397 e. The van der Waals surface area contributed by atoms with Crippen LogP contribution < -0.4 is 0 Å². The summed E-state index contributed by atoms with van der Waals surface area (Å²) in [6, 6.07) is 8.52. The Hall–Kier alpha value is -0.910. The minimum absolute atomic E-state index is 0.250. The Labute approximate surface area is 84.0 Å². The molecule has 0 bridgehead atoms. The van der Waals surface area contributed by atoms with Gasteiger partial charge in [0.25, 0.3) is 10.1 Å². The van der Waals surface area contributed by atoms with Gasteiger partial charge in [0, 0.05) is 6.61 Å². The third-order valence-corrected chi connectivity index (χ3v) is 1.89. The van der Waals surface area contributed by atoms with Crippen LogP contribution in [-0.4, -0.2) is 24.7 Å². The summed E-state index contributed by atoms with van der Waals surface area (Å²) in [5, 5.41) is 7.57. The summed E-state index contributed by atoms with van der Waals surface area (Å²) in [5.41, 5.74) is 0.593. The van der Waals surface area contributed by atoms with Crippen LogP contribution in [0.2, 0.25) is 0 Å². The lowest BCUT2D eigenvalue weighted by molar-refractivity contribution is 0.318. The molecule has 4 nitrogen and oxygen atoms in total. The van der Waals surface area contributed by atoms with Gasteiger partial charge in [-0.1, -0.05) is 30.3 Å². The molecule has 0 spiro atoms. The van der Waals surface area contributed by atoms with Crippen molar-refractivity contribution in [2.75, 3.05) is 6.61 Å². The minimum atomic E-state index is -3.88. The SMILES string of the molecule is CCO.O=S(=O)(O)Cc1ccccc1. The lowest BCUT2D eigenvalue weighted by Crippen LogP contribution is -2.00. The highest BCUT2D eigenvalue weighted by molar-refractivity contribution is 7.85. The molecular weight excluding hydrogens is 204 g/mol. The third kappa shape index (κ3) is 7.72. The molecule has 0 aromatic heterocycles. The predicted molar refractivity (Wildman–Crippen MR) is 54.5 cm³/mol. The van der Waals surface area contributed by atoms with Gasteiger partial charge >= 0.3 is 0 Å². The quantitative estimate of drug-likeness (QED) is 0.728. The first-order valence-electron chi connectivity index (χ1n) is 4.09. The molecule has 80 valence electrons. The second-order valence-electron chi connectivity index (χ2n) is 2.53. The molecule has 0 aliphatic carbocycles. The van der Waals surface area contributed by atoms with Crippen molar-refractivity contribution in [1.82, 2.24) is 0 Å². The Kier molecular flexibility index (Phi) is 6.11. The Morgan fingerprint density at radius 1 is 1.21 bits per heavy atom. The van der Waals surface area contributed by atoms with Gasteiger partial charge in [0.2, 0.25) is 0 Å². The highest BCUT2D eigenvalue weighted by Gasteiger charge is 2.04. The first kappa shape index (κ1) is 13.1. The molecule has 1 aromatic carbocycles. The van der Waals surface area contributed by atoms with E-state index in [1.165, 1.54) is 0 Å². The number of rotatable bonds is 2. The highest BCUT2D eigenvalue weighted by atomic mass is 32.2. The second kappa shape index (κ2) is 6.53. The molecule has 0 amide bonds. The standard InChI is InChI=1S/C7H8O3S.C2H6O/c8-11(9,10)6-7-4-2-1-3-5-7;1-2-3/h1-5H,6H2,(H,8,9,10);3H,2H2,1H3. The normalized spacial score (nSPS) is 10.2. The molecule has 0 unspecified atom stereocenters. The van der Waals surface area contributed by atoms with Gasteiger partial charge < -0.3 is 5.11 Å². The van der Waals surface area contributed by atoms with Gasteiger partial charge in [-0.25, -0.2) is 0 Å². The lowest BCUT2D eigenvalue weighted by atomic mass is 10.2. The molecule has 1 rings (SSSR count). The van der Waals surface area contributed by atoms with E-state index in [0.717, 1.165) is 0 Å². The molecule has 0 radical (unpaired) electrons. The monoisotopic (exact) mass is 218 g/mol. The van der Waals surface area contributed by atoms with Crippen LogP contribution in [0.3, 0.4) is 0 Å². The van der Waals surface area contributed by atoms with Crippen LogP contribution in [0.4, 0.5) is 0 Å². The first-order chi connectivity index (χ1) is 6.49. The molecule has 2 N–H and O–H groups in total. The Balaban J connectivity index is 0.000000500. The van der Waals surface area contributed by atoms with Gasteiger partial charge in [-0.3, -0.25) is 4.55 Å². The van der Waals surface area contributed by atoms with E-state index in [1.807, 2.05) is 0 Å². The van der Waals surface area contributed by atoms with Crippen molar-refractivity contribution in [2.45, 2.75) is 12.7 Å². The predicted octanol–water partition coefficient (Wildman–Crippen LogP) is 1.07. The average molecular weight is 218 g/mol. The van der Waals surface area contributed by atoms with E-state index in [-0.39, 0.29) is 12.4 Å². The van der Waals surface area contributed by atoms with E-state index in [9.17, 15) is 8.42 Å². The molecule has 0 aliphatic rings. The van der Waals surface area contributed by atoms with Crippen LogP contribution >= 0.6 is 0 Å². The van der Waals surface area contributed by atoms with Crippen molar-refractivity contribution >= 4 is 10.1 Å². The second-order valence-corrected chi connectivity index (χ2v) is 3.98. The van der Waals surface area contributed by atoms with E-state index < -0.39 is 10.1 Å². The van der Waals surface area contributed by atoms with Crippen molar-refractivity contribution in [1.29, 1.82) is 0 Å². The summed E-state index contributed by atoms with van der Waals surface area (Å²) in [7, 11) is -3.88. The molecule has 0 saturated carbocycles. The Bertz CT molecular complexity index is 331. The maximum Gasteiger partial charge on any atom is 0.269 e. The maximum absolute atomic E-state index is 10.4. The van der Waals surface area contributed by atoms with Gasteiger partial charge in [-0.15, -0.1) is 0 Å². The summed E-state index contributed by atoms with van der Waals surface area (Å²) in [6.45, 7) is 1.93. The fourth-order valence-electron chi connectivity index (χ4n) is 0.785. The average Bonchev–Trinajstić information content (AvgIpc) is 2.04. The summed E-state index contributed by atoms with van der Waals surface area (Å²) in [4.78, 5) is 0. The molecular formula is C9H14O4S. The van der Waals surface area contributed by atoms with Crippen molar-refractivity contribution in [3.63, 3.8) is 0 Å². The lowest BCUT2D eigenvalue weighted by Gasteiger charge is -1.95. The summed E-state index contributed by atoms with van der Waals surface area (Å²) < 4.78 is 29.2. The van der Waals surface area contributed by atoms with Crippen LogP contribution in [0.5, 0.6) is 0 Å². The van der Waals surface area contributed by atoms with Crippen molar-refractivity contribution in [2.24, 2.45) is 0 Å². The molecule has 0 heterocycles. The molecule has 14 heavy (non-hydrogen) atoms. The summed E-state index contributed by atoms with van der Waals surface area (Å²) >= 11 is 0. The zero-order valence-electron chi connectivity index (χ0n) is 7.92. The zero-order chi connectivity index (χ0) is 11.0. The smallest absolute Gasteiger partial charge is 0.269 e. The zero-order valence-corrected chi connectivity index (χ0v) is 8.74. The van der Waals surface area contributed by atoms with Crippen LogP contribution in [-0.2, 0) is 15.9 Å². The van der Waals surface area contributed by atoms with E-state index in [4.69, 9.17) is 9.66 Å². The van der Waals surface area contributed by atoms with E-state index in [1.54, 1.807) is 37.3 Å². The van der Waals surface area contributed by atoms with E-state index >= 15 is 0 Å². The number of aliphatic hydroxyl groups is 1. The van der Waals surface area contributed by atoms with Gasteiger partial charge in [0.05, 0.1) is 0 Å². The van der Waals surface area contributed by atoms with Crippen LogP contribution in [0.25, 0.3) is 0 Å². The topological polar surface area (TPSA) is 74.6 Å². The van der Waals surface area contributed by atoms with Crippen molar-refractivity contribution in [3.8, 4) is 0 Å². The number of hydrogen-bond acceptors (Lipinski definition) is 3. The van der Waals surface area contributed by atoms with Crippen LogP contribution in [0.15, 0.2) is 30.3 Å². The van der Waals surface area contributed by atoms with Gasteiger partial charge in [0.15, 0.2) is 0 Å². The largest absolute Gasteiger partial charge is 0.397 e. The molecule has 0 fully saturated rings. The fraction of sp³-hybridized carbons (Fsp3) is 0.333. The molecule has 5 heteroatoms. The maximum atomic E-state index is 10.4. The van der Waals surface area contributed by atoms with Gasteiger partial charge in [-0.05, 0) is 12.5 Å². The number of hydrogen-bond donors (Lipinski definition) is 2. The number of aliphatic hydroxyl groups excluding tert-OH is 1. The molecule has 0 atom stereocenters. The third-order valence-electron chi connectivity index (χ3n) is 1.19. The van der Waals surface area contributed by atoms with Crippen molar-refractivity contribution < 1.29 is 18.1 Å². The van der Waals surface area contributed by atoms with Crippen LogP contribution in [0.1, 0.15) is 12.5 Å². The van der Waals surface area contributed by atoms with Gasteiger partial charge in [-0.2, -0.15) is 8.42 Å². The first-order valence-corrected chi connectivity index (χ1v) is 5.70. The molecule has 0 aliphatic heterocycles. The van der Waals surface area contributed by atoms with Gasteiger partial charge in [0.1, 0.15) is 5.75 Å². The molecule has 0 saturated heterocycles.